The lowest BCUT2D eigenvalue weighted by atomic mass is 9.99. The van der Waals surface area contributed by atoms with Crippen LogP contribution < -0.4 is 10.5 Å². The lowest BCUT2D eigenvalue weighted by molar-refractivity contribution is 0.294. The van der Waals surface area contributed by atoms with Crippen molar-refractivity contribution in [2.24, 2.45) is 11.7 Å². The molecule has 1 aromatic carbocycles. The van der Waals surface area contributed by atoms with E-state index in [1.165, 1.54) is 5.56 Å². The zero-order valence-electron chi connectivity index (χ0n) is 11.9. The van der Waals surface area contributed by atoms with Crippen LogP contribution >= 0.6 is 0 Å². The van der Waals surface area contributed by atoms with Gasteiger partial charge in [-0.15, -0.1) is 0 Å². The SMILES string of the molecule is C=C(C)COc1ccccc1C1CC(CN)CN1C. The lowest BCUT2D eigenvalue weighted by Gasteiger charge is -2.22. The van der Waals surface area contributed by atoms with Crippen LogP contribution in [0.25, 0.3) is 0 Å². The van der Waals surface area contributed by atoms with Crippen LogP contribution in [0.1, 0.15) is 24.9 Å². The van der Waals surface area contributed by atoms with Crippen molar-refractivity contribution in [3.8, 4) is 5.75 Å². The Morgan fingerprint density at radius 2 is 2.21 bits per heavy atom. The van der Waals surface area contributed by atoms with Crippen LogP contribution in [0.15, 0.2) is 36.4 Å². The first-order valence-electron chi connectivity index (χ1n) is 6.88. The van der Waals surface area contributed by atoms with Gasteiger partial charge in [0.2, 0.25) is 0 Å². The molecule has 1 aliphatic heterocycles. The topological polar surface area (TPSA) is 38.5 Å². The predicted octanol–water partition coefficient (Wildman–Crippen LogP) is 2.59. The number of ether oxygens (including phenoxy) is 1. The van der Waals surface area contributed by atoms with Crippen molar-refractivity contribution < 1.29 is 4.74 Å². The smallest absolute Gasteiger partial charge is 0.124 e. The van der Waals surface area contributed by atoms with E-state index in [-0.39, 0.29) is 0 Å². The van der Waals surface area contributed by atoms with Gasteiger partial charge in [0.25, 0.3) is 0 Å². The molecular weight excluding hydrogens is 236 g/mol. The summed E-state index contributed by atoms with van der Waals surface area (Å²) in [6, 6.07) is 8.71. The minimum absolute atomic E-state index is 0.412. The molecule has 0 spiro atoms. The number of nitrogens with two attached hydrogens (primary N) is 1. The Morgan fingerprint density at radius 3 is 2.84 bits per heavy atom. The summed E-state index contributed by atoms with van der Waals surface area (Å²) in [7, 11) is 2.16. The van der Waals surface area contributed by atoms with E-state index in [2.05, 4.69) is 30.7 Å². The van der Waals surface area contributed by atoms with Crippen LogP contribution in [0.5, 0.6) is 5.75 Å². The monoisotopic (exact) mass is 260 g/mol. The summed E-state index contributed by atoms with van der Waals surface area (Å²) in [5.74, 6) is 1.56. The van der Waals surface area contributed by atoms with Gasteiger partial charge < -0.3 is 10.5 Å². The fraction of sp³-hybridized carbons (Fsp3) is 0.500. The van der Waals surface area contributed by atoms with Gasteiger partial charge in [-0.25, -0.2) is 0 Å². The second kappa shape index (κ2) is 6.22. The first-order valence-corrected chi connectivity index (χ1v) is 6.88. The molecule has 1 saturated heterocycles. The zero-order chi connectivity index (χ0) is 13.8. The van der Waals surface area contributed by atoms with Gasteiger partial charge in [0.15, 0.2) is 0 Å². The molecule has 19 heavy (non-hydrogen) atoms. The average molecular weight is 260 g/mol. The molecule has 1 aromatic rings. The van der Waals surface area contributed by atoms with Crippen LogP contribution in [0, 0.1) is 5.92 Å². The number of likely N-dealkylation sites (tertiary alicyclic amines) is 1. The minimum Gasteiger partial charge on any atom is -0.489 e. The van der Waals surface area contributed by atoms with Crippen molar-refractivity contribution in [1.29, 1.82) is 0 Å². The third kappa shape index (κ3) is 3.37. The van der Waals surface area contributed by atoms with Gasteiger partial charge in [0.05, 0.1) is 0 Å². The highest BCUT2D eigenvalue weighted by atomic mass is 16.5. The molecule has 0 aliphatic carbocycles. The second-order valence-electron chi connectivity index (χ2n) is 5.58. The van der Waals surface area contributed by atoms with Crippen LogP contribution in [-0.4, -0.2) is 31.6 Å². The highest BCUT2D eigenvalue weighted by molar-refractivity contribution is 5.36. The third-order valence-electron chi connectivity index (χ3n) is 3.72. The molecule has 2 unspecified atom stereocenters. The van der Waals surface area contributed by atoms with E-state index in [1.807, 2.05) is 19.1 Å². The Hall–Kier alpha value is -1.32. The molecule has 2 atom stereocenters. The van der Waals surface area contributed by atoms with Gasteiger partial charge in [-0.05, 0) is 44.5 Å². The molecule has 3 heteroatoms. The van der Waals surface area contributed by atoms with Crippen LogP contribution in [0.2, 0.25) is 0 Å². The largest absolute Gasteiger partial charge is 0.489 e. The molecule has 1 fully saturated rings. The third-order valence-corrected chi connectivity index (χ3v) is 3.72. The fourth-order valence-corrected chi connectivity index (χ4v) is 2.73. The Kier molecular flexibility index (Phi) is 4.61. The molecule has 0 amide bonds. The summed E-state index contributed by atoms with van der Waals surface area (Å²) in [6.07, 6.45) is 1.11. The summed E-state index contributed by atoms with van der Waals surface area (Å²) < 4.78 is 5.87. The van der Waals surface area contributed by atoms with Gasteiger partial charge >= 0.3 is 0 Å². The van der Waals surface area contributed by atoms with E-state index in [4.69, 9.17) is 10.5 Å². The number of benzene rings is 1. The van der Waals surface area contributed by atoms with Crippen molar-refractivity contribution in [1.82, 2.24) is 4.90 Å². The van der Waals surface area contributed by atoms with Gasteiger partial charge in [0, 0.05) is 18.2 Å². The first-order chi connectivity index (χ1) is 9.11. The summed E-state index contributed by atoms with van der Waals surface area (Å²) in [5, 5.41) is 0. The molecular formula is C16H24N2O. The maximum Gasteiger partial charge on any atom is 0.124 e. The number of rotatable bonds is 5. The maximum atomic E-state index is 5.87. The summed E-state index contributed by atoms with van der Waals surface area (Å²) in [5.41, 5.74) is 8.11. The van der Waals surface area contributed by atoms with E-state index in [0.29, 0.717) is 18.6 Å². The molecule has 0 aromatic heterocycles. The normalized spacial score (nSPS) is 23.5. The van der Waals surface area contributed by atoms with Crippen LogP contribution in [0.4, 0.5) is 0 Å². The molecule has 3 nitrogen and oxygen atoms in total. The molecule has 1 aliphatic rings. The van der Waals surface area contributed by atoms with E-state index in [1.54, 1.807) is 0 Å². The molecule has 2 N–H and O–H groups in total. The minimum atomic E-state index is 0.412. The highest BCUT2D eigenvalue weighted by Gasteiger charge is 2.31. The second-order valence-corrected chi connectivity index (χ2v) is 5.58. The Bertz CT molecular complexity index is 444. The number of nitrogens with zero attached hydrogens (tertiary/aromatic N) is 1. The lowest BCUT2D eigenvalue weighted by Crippen LogP contribution is -2.21. The number of hydrogen-bond acceptors (Lipinski definition) is 3. The van der Waals surface area contributed by atoms with Gasteiger partial charge in [0.1, 0.15) is 12.4 Å². The van der Waals surface area contributed by atoms with Crippen molar-refractivity contribution in [3.05, 3.63) is 42.0 Å². The molecule has 0 bridgehead atoms. The molecule has 0 saturated carbocycles. The maximum absolute atomic E-state index is 5.87. The van der Waals surface area contributed by atoms with Crippen molar-refractivity contribution >= 4 is 0 Å². The first kappa shape index (κ1) is 14.1. The fourth-order valence-electron chi connectivity index (χ4n) is 2.73. The highest BCUT2D eigenvalue weighted by Crippen LogP contribution is 2.38. The van der Waals surface area contributed by atoms with Gasteiger partial charge in [-0.3, -0.25) is 4.90 Å². The Morgan fingerprint density at radius 1 is 1.47 bits per heavy atom. The van der Waals surface area contributed by atoms with Crippen molar-refractivity contribution in [2.45, 2.75) is 19.4 Å². The van der Waals surface area contributed by atoms with Crippen molar-refractivity contribution in [3.63, 3.8) is 0 Å². The summed E-state index contributed by atoms with van der Waals surface area (Å²) in [4.78, 5) is 2.38. The van der Waals surface area contributed by atoms with E-state index < -0.39 is 0 Å². The summed E-state index contributed by atoms with van der Waals surface area (Å²) in [6.45, 7) is 8.27. The standard InChI is InChI=1S/C16H24N2O/c1-12(2)11-19-16-7-5-4-6-14(16)15-8-13(9-17)10-18(15)3/h4-7,13,15H,1,8-11,17H2,2-3H3. The van der Waals surface area contributed by atoms with Crippen molar-refractivity contribution in [2.75, 3.05) is 26.7 Å². The number of hydrogen-bond donors (Lipinski definition) is 1. The van der Waals surface area contributed by atoms with Crippen LogP contribution in [0.3, 0.4) is 0 Å². The molecule has 2 rings (SSSR count). The zero-order valence-corrected chi connectivity index (χ0v) is 11.9. The van der Waals surface area contributed by atoms with Crippen LogP contribution in [-0.2, 0) is 0 Å². The van der Waals surface area contributed by atoms with E-state index >= 15 is 0 Å². The van der Waals surface area contributed by atoms with Gasteiger partial charge in [-0.2, -0.15) is 0 Å². The Labute approximate surface area is 116 Å². The van der Waals surface area contributed by atoms with E-state index in [9.17, 15) is 0 Å². The molecule has 1 heterocycles. The molecule has 0 radical (unpaired) electrons. The Balaban J connectivity index is 2.17. The quantitative estimate of drug-likeness (QED) is 0.827. The van der Waals surface area contributed by atoms with Gasteiger partial charge in [-0.1, -0.05) is 24.8 Å². The molecule has 104 valence electrons. The van der Waals surface area contributed by atoms with E-state index in [0.717, 1.165) is 30.8 Å². The summed E-state index contributed by atoms with van der Waals surface area (Å²) >= 11 is 0. The number of para-hydroxylation sites is 1. The predicted molar refractivity (Wildman–Crippen MR) is 79.3 cm³/mol. The average Bonchev–Trinajstić information content (AvgIpc) is 2.78.